The number of carbonyl (C=O) groups is 1. The zero-order valence-electron chi connectivity index (χ0n) is 16.5. The molecule has 1 unspecified atom stereocenters. The van der Waals surface area contributed by atoms with Gasteiger partial charge in [0.25, 0.3) is 0 Å². The van der Waals surface area contributed by atoms with E-state index < -0.39 is 5.60 Å². The summed E-state index contributed by atoms with van der Waals surface area (Å²) in [6.07, 6.45) is 3.05. The third kappa shape index (κ3) is 6.72. The van der Waals surface area contributed by atoms with Crippen LogP contribution in [0.3, 0.4) is 0 Å². The van der Waals surface area contributed by atoms with Gasteiger partial charge in [-0.15, -0.1) is 0 Å². The van der Waals surface area contributed by atoms with Gasteiger partial charge in [-0.05, 0) is 66.1 Å². The first kappa shape index (κ1) is 19.8. The lowest BCUT2D eigenvalue weighted by atomic mass is 9.97. The van der Waals surface area contributed by atoms with E-state index in [4.69, 9.17) is 4.74 Å². The summed E-state index contributed by atoms with van der Waals surface area (Å²) >= 11 is 0. The molecule has 2 aliphatic heterocycles. The first-order valence-electron chi connectivity index (χ1n) is 9.40. The average molecular weight is 354 g/mol. The second-order valence-electron chi connectivity index (χ2n) is 8.25. The minimum atomic E-state index is -0.464. The smallest absolute Gasteiger partial charge is 0.407 e. The van der Waals surface area contributed by atoms with Gasteiger partial charge < -0.3 is 25.2 Å². The molecule has 144 valence electrons. The Morgan fingerprint density at radius 3 is 2.48 bits per heavy atom. The van der Waals surface area contributed by atoms with Crippen LogP contribution in [0.15, 0.2) is 4.99 Å². The van der Waals surface area contributed by atoms with E-state index in [2.05, 4.69) is 32.5 Å². The number of carbonyl (C=O) groups excluding carboxylic acids is 1. The second kappa shape index (κ2) is 8.74. The molecule has 1 amide bonds. The van der Waals surface area contributed by atoms with Crippen LogP contribution in [0, 0.1) is 5.92 Å². The van der Waals surface area contributed by atoms with Crippen molar-refractivity contribution < 1.29 is 9.53 Å². The SMILES string of the molecule is CN=C(NCC1CCN(C)CC1)N1CCC(NC(=O)OC(C)(C)C)C1. The number of alkyl carbamates (subject to hydrolysis) is 1. The van der Waals surface area contributed by atoms with Gasteiger partial charge in [0.15, 0.2) is 5.96 Å². The number of hydrogen-bond donors (Lipinski definition) is 2. The third-order valence-corrected chi connectivity index (χ3v) is 4.81. The van der Waals surface area contributed by atoms with Crippen molar-refractivity contribution in [1.29, 1.82) is 0 Å². The molecular weight excluding hydrogens is 318 g/mol. The molecule has 25 heavy (non-hydrogen) atoms. The molecule has 0 saturated carbocycles. The number of hydrogen-bond acceptors (Lipinski definition) is 4. The second-order valence-corrected chi connectivity index (χ2v) is 8.25. The lowest BCUT2D eigenvalue weighted by Crippen LogP contribution is -2.46. The maximum absolute atomic E-state index is 11.9. The zero-order chi connectivity index (χ0) is 18.4. The molecule has 2 heterocycles. The summed E-state index contributed by atoms with van der Waals surface area (Å²) in [4.78, 5) is 20.9. The third-order valence-electron chi connectivity index (χ3n) is 4.81. The van der Waals surface area contributed by atoms with Gasteiger partial charge >= 0.3 is 6.09 Å². The Bertz CT molecular complexity index is 467. The first-order valence-corrected chi connectivity index (χ1v) is 9.40. The van der Waals surface area contributed by atoms with E-state index in [0.29, 0.717) is 5.92 Å². The minimum absolute atomic E-state index is 0.108. The Labute approximate surface area is 152 Å². The monoisotopic (exact) mass is 353 g/mol. The molecular formula is C18H35N5O2. The van der Waals surface area contributed by atoms with E-state index in [0.717, 1.165) is 32.0 Å². The molecule has 2 aliphatic rings. The highest BCUT2D eigenvalue weighted by Gasteiger charge is 2.28. The van der Waals surface area contributed by atoms with E-state index in [1.807, 2.05) is 27.8 Å². The minimum Gasteiger partial charge on any atom is -0.444 e. The number of nitrogens with zero attached hydrogens (tertiary/aromatic N) is 3. The maximum Gasteiger partial charge on any atom is 0.407 e. The Balaban J connectivity index is 1.74. The van der Waals surface area contributed by atoms with Crippen molar-refractivity contribution in [2.75, 3.05) is 46.8 Å². The van der Waals surface area contributed by atoms with Crippen LogP contribution in [0.25, 0.3) is 0 Å². The Hall–Kier alpha value is -1.50. The highest BCUT2D eigenvalue weighted by Crippen LogP contribution is 2.16. The number of ether oxygens (including phenoxy) is 1. The number of aliphatic imine (C=N–C) groups is 1. The number of likely N-dealkylation sites (tertiary alicyclic amines) is 2. The molecule has 2 saturated heterocycles. The summed E-state index contributed by atoms with van der Waals surface area (Å²) in [7, 11) is 4.01. The number of piperidine rings is 1. The number of guanidine groups is 1. The standard InChI is InChI=1S/C18H35N5O2/c1-18(2,3)25-17(24)21-15-8-11-23(13-15)16(19-4)20-12-14-6-9-22(5)10-7-14/h14-15H,6-13H2,1-5H3,(H,19,20)(H,21,24). The van der Waals surface area contributed by atoms with Crippen molar-refractivity contribution in [1.82, 2.24) is 20.4 Å². The summed E-state index contributed by atoms with van der Waals surface area (Å²) in [6.45, 7) is 10.6. The fourth-order valence-corrected chi connectivity index (χ4v) is 3.38. The number of rotatable bonds is 3. The van der Waals surface area contributed by atoms with Gasteiger partial charge in [0.2, 0.25) is 0 Å². The van der Waals surface area contributed by atoms with Crippen LogP contribution in [-0.4, -0.2) is 80.3 Å². The molecule has 7 nitrogen and oxygen atoms in total. The summed E-state index contributed by atoms with van der Waals surface area (Å²) in [5.41, 5.74) is -0.464. The van der Waals surface area contributed by atoms with Gasteiger partial charge in [-0.2, -0.15) is 0 Å². The van der Waals surface area contributed by atoms with Crippen molar-refractivity contribution in [3.8, 4) is 0 Å². The molecule has 2 rings (SSSR count). The molecule has 7 heteroatoms. The quantitative estimate of drug-likeness (QED) is 0.594. The van der Waals surface area contributed by atoms with Crippen LogP contribution in [-0.2, 0) is 4.74 Å². The maximum atomic E-state index is 11.9. The Morgan fingerprint density at radius 1 is 1.20 bits per heavy atom. The van der Waals surface area contributed by atoms with Gasteiger partial charge in [0, 0.05) is 26.7 Å². The van der Waals surface area contributed by atoms with Gasteiger partial charge in [-0.1, -0.05) is 0 Å². The number of nitrogens with one attached hydrogen (secondary N) is 2. The van der Waals surface area contributed by atoms with Gasteiger partial charge in [-0.3, -0.25) is 4.99 Å². The fraction of sp³-hybridized carbons (Fsp3) is 0.889. The molecule has 0 aromatic heterocycles. The predicted molar refractivity (Wildman–Crippen MR) is 101 cm³/mol. The largest absolute Gasteiger partial charge is 0.444 e. The van der Waals surface area contributed by atoms with Crippen molar-refractivity contribution in [3.63, 3.8) is 0 Å². The number of amides is 1. The van der Waals surface area contributed by atoms with E-state index >= 15 is 0 Å². The summed E-state index contributed by atoms with van der Waals surface area (Å²) in [5.74, 6) is 1.65. The molecule has 0 aromatic rings. The van der Waals surface area contributed by atoms with Gasteiger partial charge in [0.05, 0.1) is 6.04 Å². The van der Waals surface area contributed by atoms with Crippen molar-refractivity contribution in [2.45, 2.75) is 51.7 Å². The molecule has 2 fully saturated rings. The van der Waals surface area contributed by atoms with Crippen LogP contribution in [0.2, 0.25) is 0 Å². The van der Waals surface area contributed by atoms with E-state index in [1.54, 1.807) is 0 Å². The van der Waals surface area contributed by atoms with E-state index in [9.17, 15) is 4.79 Å². The van der Waals surface area contributed by atoms with Crippen LogP contribution >= 0.6 is 0 Å². The average Bonchev–Trinajstić information content (AvgIpc) is 2.96. The van der Waals surface area contributed by atoms with Crippen LogP contribution in [0.5, 0.6) is 0 Å². The highest BCUT2D eigenvalue weighted by atomic mass is 16.6. The normalized spacial score (nSPS) is 23.6. The molecule has 0 spiro atoms. The molecule has 0 aliphatic carbocycles. The Morgan fingerprint density at radius 2 is 1.88 bits per heavy atom. The van der Waals surface area contributed by atoms with Gasteiger partial charge in [-0.25, -0.2) is 4.79 Å². The van der Waals surface area contributed by atoms with Crippen LogP contribution in [0.4, 0.5) is 4.79 Å². The highest BCUT2D eigenvalue weighted by molar-refractivity contribution is 5.80. The zero-order valence-corrected chi connectivity index (χ0v) is 16.5. The summed E-state index contributed by atoms with van der Waals surface area (Å²) in [5, 5.41) is 6.49. The summed E-state index contributed by atoms with van der Waals surface area (Å²) < 4.78 is 5.34. The fourth-order valence-electron chi connectivity index (χ4n) is 3.38. The molecule has 0 bridgehead atoms. The van der Waals surface area contributed by atoms with Gasteiger partial charge in [0.1, 0.15) is 5.60 Å². The molecule has 0 aromatic carbocycles. The van der Waals surface area contributed by atoms with E-state index in [1.165, 1.54) is 25.9 Å². The van der Waals surface area contributed by atoms with Crippen molar-refractivity contribution in [2.24, 2.45) is 10.9 Å². The molecule has 0 radical (unpaired) electrons. The topological polar surface area (TPSA) is 69.2 Å². The lowest BCUT2D eigenvalue weighted by molar-refractivity contribution is 0.0507. The van der Waals surface area contributed by atoms with Crippen LogP contribution in [0.1, 0.15) is 40.0 Å². The first-order chi connectivity index (χ1) is 11.8. The van der Waals surface area contributed by atoms with Crippen molar-refractivity contribution in [3.05, 3.63) is 0 Å². The summed E-state index contributed by atoms with van der Waals surface area (Å²) in [6, 6.07) is 0.108. The molecule has 1 atom stereocenters. The molecule has 2 N–H and O–H groups in total. The lowest BCUT2D eigenvalue weighted by Gasteiger charge is -2.30. The van der Waals surface area contributed by atoms with E-state index in [-0.39, 0.29) is 12.1 Å². The van der Waals surface area contributed by atoms with Crippen molar-refractivity contribution >= 4 is 12.1 Å². The Kier molecular flexibility index (Phi) is 6.93. The van der Waals surface area contributed by atoms with Crippen LogP contribution < -0.4 is 10.6 Å². The predicted octanol–water partition coefficient (Wildman–Crippen LogP) is 1.50.